The molecule has 0 aromatic heterocycles. The van der Waals surface area contributed by atoms with Gasteiger partial charge in [0.2, 0.25) is 0 Å². The highest BCUT2D eigenvalue weighted by atomic mass is 19.2. The number of amides is 2. The number of benzene rings is 1. The molecule has 0 aliphatic carbocycles. The first kappa shape index (κ1) is 17.0. The summed E-state index contributed by atoms with van der Waals surface area (Å²) in [5.74, 6) is -2.75. The molecule has 1 aliphatic rings. The van der Waals surface area contributed by atoms with Crippen molar-refractivity contribution in [2.75, 3.05) is 37.6 Å². The van der Waals surface area contributed by atoms with Crippen molar-refractivity contribution in [2.45, 2.75) is 12.8 Å². The summed E-state index contributed by atoms with van der Waals surface area (Å²) in [6.07, 6.45) is 0.561. The average Bonchev–Trinajstić information content (AvgIpc) is 2.75. The van der Waals surface area contributed by atoms with Gasteiger partial charge in [0, 0.05) is 44.5 Å². The number of carboxylic acids is 1. The minimum absolute atomic E-state index is 0.0809. The van der Waals surface area contributed by atoms with E-state index in [9.17, 15) is 18.4 Å². The van der Waals surface area contributed by atoms with Crippen LogP contribution in [0.1, 0.15) is 12.8 Å². The third-order valence-electron chi connectivity index (χ3n) is 3.67. The number of nitrogens with one attached hydrogen (secondary N) is 1. The van der Waals surface area contributed by atoms with Crippen molar-refractivity contribution in [3.05, 3.63) is 29.8 Å². The van der Waals surface area contributed by atoms with Crippen LogP contribution in [0.25, 0.3) is 0 Å². The number of anilines is 1. The van der Waals surface area contributed by atoms with Gasteiger partial charge in [0.15, 0.2) is 11.6 Å². The third kappa shape index (κ3) is 4.80. The smallest absolute Gasteiger partial charge is 0.317 e. The molecule has 2 rings (SSSR count). The molecule has 2 amide bonds. The topological polar surface area (TPSA) is 72.9 Å². The molecular weight excluding hydrogens is 308 g/mol. The molecule has 1 aromatic rings. The third-order valence-corrected chi connectivity index (χ3v) is 3.67. The van der Waals surface area contributed by atoms with Crippen molar-refractivity contribution in [1.29, 1.82) is 0 Å². The first-order chi connectivity index (χ1) is 11.0. The van der Waals surface area contributed by atoms with Crippen LogP contribution in [0, 0.1) is 11.6 Å². The molecule has 6 nitrogen and oxygen atoms in total. The van der Waals surface area contributed by atoms with Crippen LogP contribution in [0.5, 0.6) is 0 Å². The van der Waals surface area contributed by atoms with Crippen LogP contribution in [-0.2, 0) is 4.79 Å². The maximum atomic E-state index is 13.3. The number of carbonyl (C=O) groups excluding carboxylic acids is 1. The fourth-order valence-electron chi connectivity index (χ4n) is 2.45. The number of carbonyl (C=O) groups is 2. The van der Waals surface area contributed by atoms with Crippen LogP contribution >= 0.6 is 0 Å². The van der Waals surface area contributed by atoms with Crippen LogP contribution in [0.3, 0.4) is 0 Å². The van der Waals surface area contributed by atoms with Gasteiger partial charge in [0.05, 0.1) is 6.42 Å². The second kappa shape index (κ2) is 7.75. The molecule has 126 valence electrons. The van der Waals surface area contributed by atoms with Gasteiger partial charge in [-0.05, 0) is 18.6 Å². The number of urea groups is 1. The van der Waals surface area contributed by atoms with Crippen LogP contribution in [-0.4, -0.2) is 54.7 Å². The van der Waals surface area contributed by atoms with Gasteiger partial charge in [-0.25, -0.2) is 13.6 Å². The molecule has 0 radical (unpaired) electrons. The van der Waals surface area contributed by atoms with E-state index in [0.29, 0.717) is 38.3 Å². The first-order valence-electron chi connectivity index (χ1n) is 7.42. The Kier molecular flexibility index (Phi) is 5.72. The molecule has 1 fully saturated rings. The molecule has 1 heterocycles. The predicted molar refractivity (Wildman–Crippen MR) is 80.4 cm³/mol. The van der Waals surface area contributed by atoms with E-state index in [1.54, 1.807) is 4.90 Å². The van der Waals surface area contributed by atoms with E-state index in [0.717, 1.165) is 12.1 Å². The highest BCUT2D eigenvalue weighted by Gasteiger charge is 2.19. The van der Waals surface area contributed by atoms with Gasteiger partial charge in [-0.15, -0.1) is 0 Å². The summed E-state index contributed by atoms with van der Waals surface area (Å²) in [5, 5.41) is 11.1. The quantitative estimate of drug-likeness (QED) is 0.882. The Morgan fingerprint density at radius 3 is 2.61 bits per heavy atom. The monoisotopic (exact) mass is 327 g/mol. The summed E-state index contributed by atoms with van der Waals surface area (Å²) in [6.45, 7) is 2.16. The zero-order chi connectivity index (χ0) is 16.8. The number of aliphatic carboxylic acids is 1. The second-order valence-corrected chi connectivity index (χ2v) is 5.30. The Morgan fingerprint density at radius 1 is 1.13 bits per heavy atom. The molecule has 1 aromatic carbocycles. The molecule has 0 bridgehead atoms. The van der Waals surface area contributed by atoms with Crippen molar-refractivity contribution in [3.63, 3.8) is 0 Å². The Hall–Kier alpha value is -2.38. The van der Waals surface area contributed by atoms with Crippen molar-refractivity contribution < 1.29 is 23.5 Å². The number of hydrogen-bond donors (Lipinski definition) is 2. The summed E-state index contributed by atoms with van der Waals surface area (Å²) in [5.41, 5.74) is 0.581. The fourth-order valence-corrected chi connectivity index (χ4v) is 2.45. The Bertz CT molecular complexity index is 583. The van der Waals surface area contributed by atoms with Gasteiger partial charge < -0.3 is 20.2 Å². The van der Waals surface area contributed by atoms with E-state index < -0.39 is 17.6 Å². The molecule has 0 spiro atoms. The average molecular weight is 327 g/mol. The lowest BCUT2D eigenvalue weighted by molar-refractivity contribution is -0.136. The molecule has 0 saturated carbocycles. The molecule has 1 aliphatic heterocycles. The van der Waals surface area contributed by atoms with Crippen molar-refractivity contribution in [1.82, 2.24) is 10.2 Å². The molecular formula is C15H19F2N3O3. The number of nitrogens with zero attached hydrogens (tertiary/aromatic N) is 2. The van der Waals surface area contributed by atoms with Crippen molar-refractivity contribution in [3.8, 4) is 0 Å². The number of hydrogen-bond acceptors (Lipinski definition) is 3. The van der Waals surface area contributed by atoms with Crippen molar-refractivity contribution >= 4 is 17.7 Å². The normalized spacial score (nSPS) is 15.2. The highest BCUT2D eigenvalue weighted by Crippen LogP contribution is 2.19. The summed E-state index contributed by atoms with van der Waals surface area (Å²) in [4.78, 5) is 25.9. The molecule has 1 saturated heterocycles. The summed E-state index contributed by atoms with van der Waals surface area (Å²) >= 11 is 0. The van der Waals surface area contributed by atoms with Crippen LogP contribution < -0.4 is 10.2 Å². The SMILES string of the molecule is O=C(O)CCNC(=O)N1CCCN(c2ccc(F)c(F)c2)CC1. The molecule has 23 heavy (non-hydrogen) atoms. The first-order valence-corrected chi connectivity index (χ1v) is 7.42. The van der Waals surface area contributed by atoms with E-state index >= 15 is 0 Å². The van der Waals surface area contributed by atoms with Gasteiger partial charge in [-0.3, -0.25) is 4.79 Å². The second-order valence-electron chi connectivity index (χ2n) is 5.30. The standard InChI is InChI=1S/C15H19F2N3O3/c16-12-3-2-11(10-13(12)17)19-6-1-7-20(9-8-19)15(23)18-5-4-14(21)22/h2-3,10H,1,4-9H2,(H,18,23)(H,21,22). The molecule has 0 unspecified atom stereocenters. The Labute approximate surface area is 132 Å². The van der Waals surface area contributed by atoms with Gasteiger partial charge >= 0.3 is 12.0 Å². The molecule has 0 atom stereocenters. The lowest BCUT2D eigenvalue weighted by Gasteiger charge is -2.24. The maximum absolute atomic E-state index is 13.3. The zero-order valence-electron chi connectivity index (χ0n) is 12.6. The van der Waals surface area contributed by atoms with Crippen LogP contribution in [0.4, 0.5) is 19.3 Å². The minimum Gasteiger partial charge on any atom is -0.481 e. The minimum atomic E-state index is -0.967. The Morgan fingerprint density at radius 2 is 1.91 bits per heavy atom. The van der Waals surface area contributed by atoms with E-state index in [1.807, 2.05) is 4.90 Å². The largest absolute Gasteiger partial charge is 0.481 e. The molecule has 8 heteroatoms. The van der Waals surface area contributed by atoms with Crippen LogP contribution in [0.15, 0.2) is 18.2 Å². The van der Waals surface area contributed by atoms with Gasteiger partial charge in [0.25, 0.3) is 0 Å². The van der Waals surface area contributed by atoms with Gasteiger partial charge in [0.1, 0.15) is 0 Å². The van der Waals surface area contributed by atoms with E-state index in [-0.39, 0.29) is 19.0 Å². The number of halogens is 2. The number of rotatable bonds is 4. The highest BCUT2D eigenvalue weighted by molar-refractivity contribution is 5.75. The molecule has 2 N–H and O–H groups in total. The van der Waals surface area contributed by atoms with Gasteiger partial charge in [-0.2, -0.15) is 0 Å². The van der Waals surface area contributed by atoms with Crippen LogP contribution in [0.2, 0.25) is 0 Å². The van der Waals surface area contributed by atoms with Gasteiger partial charge in [-0.1, -0.05) is 0 Å². The van der Waals surface area contributed by atoms with Crippen molar-refractivity contribution in [2.24, 2.45) is 0 Å². The predicted octanol–water partition coefficient (Wildman–Crippen LogP) is 1.66. The fraction of sp³-hybridized carbons (Fsp3) is 0.467. The van der Waals surface area contributed by atoms with E-state index in [1.165, 1.54) is 6.07 Å². The lowest BCUT2D eigenvalue weighted by Crippen LogP contribution is -2.42. The Balaban J connectivity index is 1.90. The maximum Gasteiger partial charge on any atom is 0.317 e. The van der Waals surface area contributed by atoms with E-state index in [2.05, 4.69) is 5.32 Å². The summed E-state index contributed by atoms with van der Waals surface area (Å²) < 4.78 is 26.3. The van der Waals surface area contributed by atoms with E-state index in [4.69, 9.17) is 5.11 Å². The zero-order valence-corrected chi connectivity index (χ0v) is 12.6. The summed E-state index contributed by atoms with van der Waals surface area (Å²) in [6, 6.07) is 3.45. The lowest BCUT2D eigenvalue weighted by atomic mass is 10.2. The number of carboxylic acid groups (broad SMARTS) is 1. The summed E-state index contributed by atoms with van der Waals surface area (Å²) in [7, 11) is 0.